The van der Waals surface area contributed by atoms with Crippen LogP contribution in [0.1, 0.15) is 44.2 Å². The Morgan fingerprint density at radius 2 is 2.00 bits per heavy atom. The molecule has 5 atom stereocenters. The van der Waals surface area contributed by atoms with E-state index in [0.29, 0.717) is 5.92 Å². The fraction of sp³-hybridized carbons (Fsp3) is 0.611. The van der Waals surface area contributed by atoms with E-state index in [-0.39, 0.29) is 17.5 Å². The van der Waals surface area contributed by atoms with Gasteiger partial charge in [0.1, 0.15) is 0 Å². The van der Waals surface area contributed by atoms with E-state index in [9.17, 15) is 21.6 Å². The van der Waals surface area contributed by atoms with Crippen molar-refractivity contribution < 1.29 is 21.6 Å². The van der Waals surface area contributed by atoms with Gasteiger partial charge >= 0.3 is 6.18 Å². The lowest BCUT2D eigenvalue weighted by Gasteiger charge is -2.33. The highest BCUT2D eigenvalue weighted by atomic mass is 32.2. The van der Waals surface area contributed by atoms with Crippen LogP contribution in [-0.4, -0.2) is 19.2 Å². The normalized spacial score (nSPS) is 37.6. The minimum absolute atomic E-state index is 0.00106. The third-order valence-electron chi connectivity index (χ3n) is 6.84. The third-order valence-corrected chi connectivity index (χ3v) is 9.62. The minimum atomic E-state index is -4.72. The van der Waals surface area contributed by atoms with Gasteiger partial charge in [0.2, 0.25) is 10.0 Å². The molecule has 140 valence electrons. The highest BCUT2D eigenvalue weighted by molar-refractivity contribution is 7.94. The summed E-state index contributed by atoms with van der Waals surface area (Å²) in [6, 6.07) is 4.32. The number of hydrogen-bond donors (Lipinski definition) is 0. The highest BCUT2D eigenvalue weighted by Crippen LogP contribution is 2.64. The molecular formula is C18H19F3N2O2S. The van der Waals surface area contributed by atoms with Crippen LogP contribution in [0.5, 0.6) is 0 Å². The van der Waals surface area contributed by atoms with Gasteiger partial charge in [0.25, 0.3) is 0 Å². The second-order valence-corrected chi connectivity index (χ2v) is 10.1. The molecule has 0 amide bonds. The molecule has 26 heavy (non-hydrogen) atoms. The number of nitrogens with zero attached hydrogens (tertiary/aromatic N) is 2. The lowest BCUT2D eigenvalue weighted by molar-refractivity contribution is -0.137. The first-order valence-electron chi connectivity index (χ1n) is 8.68. The van der Waals surface area contributed by atoms with Gasteiger partial charge in [0.05, 0.1) is 27.6 Å². The number of sulfonamides is 1. The van der Waals surface area contributed by atoms with Crippen LogP contribution in [0, 0.1) is 29.1 Å². The summed E-state index contributed by atoms with van der Waals surface area (Å²) in [6.45, 7) is 3.56. The van der Waals surface area contributed by atoms with Crippen molar-refractivity contribution in [3.63, 3.8) is 0 Å². The van der Waals surface area contributed by atoms with Crippen LogP contribution in [0.15, 0.2) is 18.2 Å². The van der Waals surface area contributed by atoms with Gasteiger partial charge < -0.3 is 0 Å². The van der Waals surface area contributed by atoms with E-state index < -0.39 is 38.1 Å². The van der Waals surface area contributed by atoms with E-state index in [0.717, 1.165) is 31.4 Å². The SMILES string of the molecule is C[C@@H]1[C@H]2[C@@H]3CC[C@@H](C3)[C@@]2(C)S(=O)(=O)N1c1ccc(C#N)c(C(F)(F)F)c1. The van der Waals surface area contributed by atoms with Crippen LogP contribution < -0.4 is 4.31 Å². The molecule has 2 aliphatic carbocycles. The molecule has 1 aliphatic heterocycles. The molecule has 4 rings (SSSR count). The molecule has 1 aromatic rings. The number of rotatable bonds is 1. The van der Waals surface area contributed by atoms with E-state index in [1.165, 1.54) is 16.4 Å². The van der Waals surface area contributed by atoms with Gasteiger partial charge in [0.15, 0.2) is 0 Å². The Morgan fingerprint density at radius 1 is 1.31 bits per heavy atom. The van der Waals surface area contributed by atoms with Crippen molar-refractivity contribution >= 4 is 15.7 Å². The number of alkyl halides is 3. The fourth-order valence-electron chi connectivity index (χ4n) is 5.81. The van der Waals surface area contributed by atoms with Crippen LogP contribution in [0.2, 0.25) is 0 Å². The molecule has 1 aromatic carbocycles. The Bertz CT molecular complexity index is 921. The highest BCUT2D eigenvalue weighted by Gasteiger charge is 2.70. The number of halogens is 3. The number of anilines is 1. The van der Waals surface area contributed by atoms with Crippen LogP contribution in [0.3, 0.4) is 0 Å². The molecule has 2 bridgehead atoms. The molecule has 0 aromatic heterocycles. The van der Waals surface area contributed by atoms with Gasteiger partial charge in [0, 0.05) is 12.0 Å². The smallest absolute Gasteiger partial charge is 0.267 e. The molecule has 4 nitrogen and oxygen atoms in total. The minimum Gasteiger partial charge on any atom is -0.267 e. The summed E-state index contributed by atoms with van der Waals surface area (Å²) in [5.41, 5.74) is -1.60. The Labute approximate surface area is 150 Å². The summed E-state index contributed by atoms with van der Waals surface area (Å²) in [4.78, 5) is 0. The van der Waals surface area contributed by atoms with Gasteiger partial charge in [-0.2, -0.15) is 18.4 Å². The van der Waals surface area contributed by atoms with E-state index >= 15 is 0 Å². The monoisotopic (exact) mass is 384 g/mol. The molecule has 3 aliphatic rings. The lowest BCUT2D eigenvalue weighted by atomic mass is 9.76. The predicted molar refractivity (Wildman–Crippen MR) is 89.7 cm³/mol. The van der Waals surface area contributed by atoms with Crippen molar-refractivity contribution in [3.05, 3.63) is 29.3 Å². The molecule has 0 N–H and O–H groups in total. The van der Waals surface area contributed by atoms with Crippen LogP contribution in [0.25, 0.3) is 0 Å². The summed E-state index contributed by atoms with van der Waals surface area (Å²) < 4.78 is 67.0. The van der Waals surface area contributed by atoms with Crippen molar-refractivity contribution in [2.24, 2.45) is 17.8 Å². The second kappa shape index (κ2) is 5.16. The average Bonchev–Trinajstić information content (AvgIpc) is 3.17. The van der Waals surface area contributed by atoms with Gasteiger partial charge in [-0.3, -0.25) is 4.31 Å². The molecule has 1 heterocycles. The van der Waals surface area contributed by atoms with Crippen LogP contribution >= 0.6 is 0 Å². The summed E-state index contributed by atoms with van der Waals surface area (Å²) in [6.07, 6.45) is -1.98. The van der Waals surface area contributed by atoms with E-state index in [1.54, 1.807) is 13.8 Å². The van der Waals surface area contributed by atoms with Crippen molar-refractivity contribution in [3.8, 4) is 6.07 Å². The fourth-order valence-corrected chi connectivity index (χ4v) is 8.56. The Kier molecular flexibility index (Phi) is 3.50. The Balaban J connectivity index is 1.86. The number of nitriles is 1. The quantitative estimate of drug-likeness (QED) is 0.737. The molecule has 0 spiro atoms. The third kappa shape index (κ3) is 1.98. The van der Waals surface area contributed by atoms with Gasteiger partial charge in [-0.25, -0.2) is 8.42 Å². The zero-order valence-corrected chi connectivity index (χ0v) is 15.2. The topological polar surface area (TPSA) is 61.2 Å². The molecule has 2 saturated carbocycles. The second-order valence-electron chi connectivity index (χ2n) is 7.86. The maximum absolute atomic E-state index is 13.4. The number of benzene rings is 1. The average molecular weight is 384 g/mol. The molecule has 1 saturated heterocycles. The summed E-state index contributed by atoms with van der Waals surface area (Å²) in [7, 11) is -3.80. The largest absolute Gasteiger partial charge is 0.417 e. The Hall–Kier alpha value is -1.75. The van der Waals surface area contributed by atoms with Crippen molar-refractivity contribution in [2.45, 2.75) is 50.1 Å². The molecule has 0 radical (unpaired) electrons. The van der Waals surface area contributed by atoms with E-state index in [2.05, 4.69) is 0 Å². The molecule has 0 unspecified atom stereocenters. The zero-order chi connectivity index (χ0) is 19.1. The maximum atomic E-state index is 13.4. The molecule has 3 fully saturated rings. The molecular weight excluding hydrogens is 365 g/mol. The van der Waals surface area contributed by atoms with Gasteiger partial charge in [-0.15, -0.1) is 0 Å². The number of fused-ring (bicyclic) bond motifs is 5. The van der Waals surface area contributed by atoms with Crippen LogP contribution in [-0.2, 0) is 16.2 Å². The predicted octanol–water partition coefficient (Wildman–Crippen LogP) is 3.92. The standard InChI is InChI=1S/C18H19F3N2O2S/c1-10-16-11-3-5-13(7-11)17(16,2)26(24,25)23(10)14-6-4-12(9-22)15(8-14)18(19,20)21/h4,6,8,10-11,13,16H,3,5,7H2,1-2H3/t10-,11-,13+,16+,17-/m1/s1. The first-order chi connectivity index (χ1) is 12.0. The van der Waals surface area contributed by atoms with E-state index in [4.69, 9.17) is 5.26 Å². The van der Waals surface area contributed by atoms with Gasteiger partial charge in [-0.1, -0.05) is 0 Å². The van der Waals surface area contributed by atoms with Crippen molar-refractivity contribution in [2.75, 3.05) is 4.31 Å². The van der Waals surface area contributed by atoms with Crippen LogP contribution in [0.4, 0.5) is 18.9 Å². The van der Waals surface area contributed by atoms with Gasteiger partial charge in [-0.05, 0) is 63.1 Å². The first kappa shape index (κ1) is 17.7. The summed E-state index contributed by atoms with van der Waals surface area (Å²) in [5.74, 6) is 0.298. The van der Waals surface area contributed by atoms with E-state index in [1.807, 2.05) is 0 Å². The lowest BCUT2D eigenvalue weighted by Crippen LogP contribution is -2.44. The van der Waals surface area contributed by atoms with Crippen molar-refractivity contribution in [1.29, 1.82) is 5.26 Å². The summed E-state index contributed by atoms with van der Waals surface area (Å²) in [5, 5.41) is 8.96. The first-order valence-corrected chi connectivity index (χ1v) is 10.1. The maximum Gasteiger partial charge on any atom is 0.417 e. The number of hydrogen-bond acceptors (Lipinski definition) is 3. The zero-order valence-electron chi connectivity index (χ0n) is 14.4. The van der Waals surface area contributed by atoms with Crippen molar-refractivity contribution in [1.82, 2.24) is 0 Å². The Morgan fingerprint density at radius 3 is 2.58 bits per heavy atom. The molecule has 8 heteroatoms. The summed E-state index contributed by atoms with van der Waals surface area (Å²) >= 11 is 0.